The number of halogens is 1. The Morgan fingerprint density at radius 3 is 2.64 bits per heavy atom. The van der Waals surface area contributed by atoms with Crippen LogP contribution in [-0.4, -0.2) is 37.0 Å². The first kappa shape index (κ1) is 11.0. The Morgan fingerprint density at radius 1 is 1.57 bits per heavy atom. The maximum absolute atomic E-state index is 11.5. The van der Waals surface area contributed by atoms with Gasteiger partial charge in [0.25, 0.3) is 5.91 Å². The van der Waals surface area contributed by atoms with Crippen LogP contribution in [0.3, 0.4) is 0 Å². The highest BCUT2D eigenvalue weighted by Crippen LogP contribution is 2.23. The van der Waals surface area contributed by atoms with Crippen LogP contribution >= 0.6 is 15.9 Å². The molecule has 0 N–H and O–H groups in total. The number of pyridine rings is 1. The average molecular weight is 259 g/mol. The molecule has 0 aromatic carbocycles. The molecule has 0 saturated carbocycles. The lowest BCUT2D eigenvalue weighted by Gasteiger charge is -2.10. The summed E-state index contributed by atoms with van der Waals surface area (Å²) in [7, 11) is 4.92. The summed E-state index contributed by atoms with van der Waals surface area (Å²) in [6, 6.07) is 1.64. The van der Waals surface area contributed by atoms with Crippen LogP contribution in [-0.2, 0) is 0 Å². The van der Waals surface area contributed by atoms with Crippen LogP contribution in [0.25, 0.3) is 0 Å². The molecule has 0 saturated heterocycles. The zero-order chi connectivity index (χ0) is 10.7. The third-order valence-corrected chi connectivity index (χ3v) is 2.28. The fourth-order valence-electron chi connectivity index (χ4n) is 0.915. The van der Waals surface area contributed by atoms with Crippen LogP contribution in [0.1, 0.15) is 10.5 Å². The van der Waals surface area contributed by atoms with Crippen molar-refractivity contribution in [2.45, 2.75) is 0 Å². The van der Waals surface area contributed by atoms with E-state index >= 15 is 0 Å². The Kier molecular flexibility index (Phi) is 3.46. The van der Waals surface area contributed by atoms with Gasteiger partial charge in [-0.3, -0.25) is 4.79 Å². The van der Waals surface area contributed by atoms with Gasteiger partial charge >= 0.3 is 0 Å². The van der Waals surface area contributed by atoms with Crippen molar-refractivity contribution in [2.75, 3.05) is 21.2 Å². The van der Waals surface area contributed by atoms with Gasteiger partial charge in [-0.25, -0.2) is 4.98 Å². The zero-order valence-corrected chi connectivity index (χ0v) is 9.83. The Labute approximate surface area is 91.0 Å². The fourth-order valence-corrected chi connectivity index (χ4v) is 1.40. The highest BCUT2D eigenvalue weighted by atomic mass is 79.9. The number of carbonyl (C=O) groups is 1. The first-order valence-corrected chi connectivity index (χ1v) is 4.76. The Bertz CT molecular complexity index is 353. The van der Waals surface area contributed by atoms with Crippen LogP contribution < -0.4 is 4.74 Å². The number of nitrogens with zero attached hydrogens (tertiary/aromatic N) is 2. The van der Waals surface area contributed by atoms with Crippen LogP contribution in [0.2, 0.25) is 0 Å². The topological polar surface area (TPSA) is 42.4 Å². The van der Waals surface area contributed by atoms with E-state index in [0.717, 1.165) is 4.47 Å². The summed E-state index contributed by atoms with van der Waals surface area (Å²) >= 11 is 3.29. The Balaban J connectivity index is 3.03. The number of aromatic nitrogens is 1. The molecule has 1 heterocycles. The monoisotopic (exact) mass is 258 g/mol. The molecule has 1 aromatic heterocycles. The largest absolute Gasteiger partial charge is 0.494 e. The molecule has 0 aliphatic carbocycles. The molecule has 0 radical (unpaired) electrons. The molecule has 0 aliphatic heterocycles. The van der Waals surface area contributed by atoms with Crippen molar-refractivity contribution in [3.05, 3.63) is 22.4 Å². The molecule has 4 nitrogen and oxygen atoms in total. The van der Waals surface area contributed by atoms with Crippen LogP contribution in [0, 0.1) is 0 Å². The highest BCUT2D eigenvalue weighted by Gasteiger charge is 2.11. The third kappa shape index (κ3) is 2.23. The highest BCUT2D eigenvalue weighted by molar-refractivity contribution is 9.10. The number of methoxy groups -OCH3 is 1. The molecular formula is C9H11BrN2O2. The molecular weight excluding hydrogens is 248 g/mol. The van der Waals surface area contributed by atoms with E-state index < -0.39 is 0 Å². The number of rotatable bonds is 2. The average Bonchev–Trinajstić information content (AvgIpc) is 2.16. The summed E-state index contributed by atoms with van der Waals surface area (Å²) in [5.41, 5.74) is 0.391. The van der Waals surface area contributed by atoms with Gasteiger partial charge in [0.1, 0.15) is 5.69 Å². The van der Waals surface area contributed by atoms with Gasteiger partial charge in [0.15, 0.2) is 5.75 Å². The van der Waals surface area contributed by atoms with E-state index in [4.69, 9.17) is 4.74 Å². The van der Waals surface area contributed by atoms with Crippen molar-refractivity contribution in [3.8, 4) is 5.75 Å². The van der Waals surface area contributed by atoms with Crippen molar-refractivity contribution in [2.24, 2.45) is 0 Å². The second-order valence-electron chi connectivity index (χ2n) is 2.90. The SMILES string of the molecule is COc1cnc(C(=O)N(C)C)cc1Br. The van der Waals surface area contributed by atoms with Crippen molar-refractivity contribution in [1.82, 2.24) is 9.88 Å². The van der Waals surface area contributed by atoms with E-state index in [2.05, 4.69) is 20.9 Å². The summed E-state index contributed by atoms with van der Waals surface area (Å²) in [5.74, 6) is 0.480. The summed E-state index contributed by atoms with van der Waals surface area (Å²) in [6.45, 7) is 0. The normalized spacial score (nSPS) is 9.71. The van der Waals surface area contributed by atoms with Gasteiger partial charge in [0.05, 0.1) is 17.8 Å². The molecule has 0 atom stereocenters. The number of hydrogen-bond acceptors (Lipinski definition) is 3. The maximum atomic E-state index is 11.5. The lowest BCUT2D eigenvalue weighted by molar-refractivity contribution is 0.0822. The van der Waals surface area contributed by atoms with Gasteiger partial charge in [-0.1, -0.05) is 0 Å². The molecule has 0 unspecified atom stereocenters. The quantitative estimate of drug-likeness (QED) is 0.809. The first-order valence-electron chi connectivity index (χ1n) is 3.97. The van der Waals surface area contributed by atoms with E-state index in [0.29, 0.717) is 11.4 Å². The van der Waals surface area contributed by atoms with Crippen LogP contribution in [0.4, 0.5) is 0 Å². The molecule has 0 aliphatic rings. The summed E-state index contributed by atoms with van der Waals surface area (Å²) in [6.07, 6.45) is 1.51. The van der Waals surface area contributed by atoms with Gasteiger partial charge in [0, 0.05) is 14.1 Å². The molecule has 0 bridgehead atoms. The lowest BCUT2D eigenvalue weighted by atomic mass is 10.3. The predicted molar refractivity (Wildman–Crippen MR) is 56.5 cm³/mol. The minimum absolute atomic E-state index is 0.131. The van der Waals surface area contributed by atoms with Crippen molar-refractivity contribution in [1.29, 1.82) is 0 Å². The smallest absolute Gasteiger partial charge is 0.271 e. The minimum Gasteiger partial charge on any atom is -0.494 e. The third-order valence-electron chi connectivity index (χ3n) is 1.66. The van der Waals surface area contributed by atoms with E-state index in [1.54, 1.807) is 27.3 Å². The van der Waals surface area contributed by atoms with E-state index in [1.165, 1.54) is 11.1 Å². The summed E-state index contributed by atoms with van der Waals surface area (Å²) < 4.78 is 5.73. The fraction of sp³-hybridized carbons (Fsp3) is 0.333. The second-order valence-corrected chi connectivity index (χ2v) is 3.76. The van der Waals surface area contributed by atoms with Gasteiger partial charge in [-0.2, -0.15) is 0 Å². The van der Waals surface area contributed by atoms with Gasteiger partial charge in [-0.05, 0) is 22.0 Å². The second kappa shape index (κ2) is 4.41. The molecule has 0 fully saturated rings. The van der Waals surface area contributed by atoms with Crippen molar-refractivity contribution in [3.63, 3.8) is 0 Å². The number of carbonyl (C=O) groups excluding carboxylic acids is 1. The molecule has 0 spiro atoms. The van der Waals surface area contributed by atoms with Gasteiger partial charge in [0.2, 0.25) is 0 Å². The van der Waals surface area contributed by atoms with Crippen LogP contribution in [0.5, 0.6) is 5.75 Å². The predicted octanol–water partition coefficient (Wildman–Crippen LogP) is 1.55. The Hall–Kier alpha value is -1.10. The van der Waals surface area contributed by atoms with Gasteiger partial charge < -0.3 is 9.64 Å². The van der Waals surface area contributed by atoms with Crippen molar-refractivity contribution < 1.29 is 9.53 Å². The summed E-state index contributed by atoms with van der Waals surface area (Å²) in [5, 5.41) is 0. The zero-order valence-electron chi connectivity index (χ0n) is 8.24. The minimum atomic E-state index is -0.131. The van der Waals surface area contributed by atoms with Gasteiger partial charge in [-0.15, -0.1) is 0 Å². The molecule has 1 amide bonds. The number of hydrogen-bond donors (Lipinski definition) is 0. The van der Waals surface area contributed by atoms with E-state index in [9.17, 15) is 4.79 Å². The van der Waals surface area contributed by atoms with Crippen LogP contribution in [0.15, 0.2) is 16.7 Å². The summed E-state index contributed by atoms with van der Waals surface area (Å²) in [4.78, 5) is 17.0. The standard InChI is InChI=1S/C9H11BrN2O2/c1-12(2)9(13)7-4-6(10)8(14-3)5-11-7/h4-5H,1-3H3. The first-order chi connectivity index (χ1) is 6.56. The van der Waals surface area contributed by atoms with E-state index in [-0.39, 0.29) is 5.91 Å². The molecule has 14 heavy (non-hydrogen) atoms. The molecule has 76 valence electrons. The number of amides is 1. The molecule has 5 heteroatoms. The van der Waals surface area contributed by atoms with Crippen molar-refractivity contribution >= 4 is 21.8 Å². The maximum Gasteiger partial charge on any atom is 0.271 e. The number of ether oxygens (including phenoxy) is 1. The molecule has 1 aromatic rings. The molecule has 1 rings (SSSR count). The lowest BCUT2D eigenvalue weighted by Crippen LogP contribution is -2.22. The van der Waals surface area contributed by atoms with E-state index in [1.807, 2.05) is 0 Å². The Morgan fingerprint density at radius 2 is 2.21 bits per heavy atom.